The minimum absolute atomic E-state index is 0.0397. The molecular formula is C24H34N4O4. The molecule has 2 aromatic rings. The molecule has 2 N–H and O–H groups in total. The molecule has 2 unspecified atom stereocenters. The number of carboxylic acids is 1. The highest BCUT2D eigenvalue weighted by atomic mass is 16.5. The van der Waals surface area contributed by atoms with E-state index in [4.69, 9.17) is 9.47 Å². The van der Waals surface area contributed by atoms with Crippen molar-refractivity contribution in [3.05, 3.63) is 41.7 Å². The number of carboxylic acid groups (broad SMARTS) is 1. The SMILES string of the molecule is CCOc1ncc(Nc2cc(C(CC)CC(=O)O)ccc2C(CC)N2CCOCC2)cn1. The number of aromatic nitrogens is 2. The van der Waals surface area contributed by atoms with Crippen LogP contribution in [0, 0.1) is 0 Å². The van der Waals surface area contributed by atoms with E-state index in [1.807, 2.05) is 13.8 Å². The van der Waals surface area contributed by atoms with E-state index in [0.29, 0.717) is 12.6 Å². The van der Waals surface area contributed by atoms with Crippen molar-refractivity contribution in [2.24, 2.45) is 0 Å². The summed E-state index contributed by atoms with van der Waals surface area (Å²) < 4.78 is 10.9. The summed E-state index contributed by atoms with van der Waals surface area (Å²) in [7, 11) is 0. The van der Waals surface area contributed by atoms with Gasteiger partial charge in [-0.15, -0.1) is 0 Å². The van der Waals surface area contributed by atoms with Crippen LogP contribution in [0.25, 0.3) is 0 Å². The summed E-state index contributed by atoms with van der Waals surface area (Å²) >= 11 is 0. The molecule has 2 heterocycles. The third kappa shape index (κ3) is 6.17. The fourth-order valence-electron chi connectivity index (χ4n) is 4.24. The number of carbonyl (C=O) groups is 1. The predicted molar refractivity (Wildman–Crippen MR) is 124 cm³/mol. The first kappa shape index (κ1) is 23.9. The zero-order chi connectivity index (χ0) is 22.9. The Bertz CT molecular complexity index is 869. The van der Waals surface area contributed by atoms with E-state index in [1.165, 1.54) is 5.56 Å². The van der Waals surface area contributed by atoms with Crippen molar-refractivity contribution in [3.8, 4) is 6.01 Å². The van der Waals surface area contributed by atoms with Gasteiger partial charge in [-0.3, -0.25) is 9.69 Å². The van der Waals surface area contributed by atoms with Gasteiger partial charge in [-0.1, -0.05) is 26.0 Å². The fraction of sp³-hybridized carbons (Fsp3) is 0.542. The molecule has 0 amide bonds. The van der Waals surface area contributed by atoms with Gasteiger partial charge in [0.1, 0.15) is 0 Å². The molecule has 0 saturated carbocycles. The molecule has 2 atom stereocenters. The van der Waals surface area contributed by atoms with E-state index in [2.05, 4.69) is 45.3 Å². The van der Waals surface area contributed by atoms with Gasteiger partial charge in [-0.05, 0) is 42.9 Å². The first-order chi connectivity index (χ1) is 15.5. The van der Waals surface area contributed by atoms with Crippen LogP contribution in [0.4, 0.5) is 11.4 Å². The third-order valence-electron chi connectivity index (χ3n) is 5.88. The van der Waals surface area contributed by atoms with Crippen molar-refractivity contribution in [1.29, 1.82) is 0 Å². The van der Waals surface area contributed by atoms with Crippen molar-refractivity contribution in [1.82, 2.24) is 14.9 Å². The van der Waals surface area contributed by atoms with E-state index in [1.54, 1.807) is 12.4 Å². The van der Waals surface area contributed by atoms with Crippen molar-refractivity contribution in [3.63, 3.8) is 0 Å². The monoisotopic (exact) mass is 442 g/mol. The van der Waals surface area contributed by atoms with Gasteiger partial charge in [-0.25, -0.2) is 9.97 Å². The molecule has 8 heteroatoms. The molecule has 0 spiro atoms. The van der Waals surface area contributed by atoms with E-state index in [-0.39, 0.29) is 18.4 Å². The summed E-state index contributed by atoms with van der Waals surface area (Å²) in [5.41, 5.74) is 3.91. The first-order valence-corrected chi connectivity index (χ1v) is 11.4. The van der Waals surface area contributed by atoms with Gasteiger partial charge in [0.05, 0.1) is 44.3 Å². The molecule has 1 aliphatic rings. The smallest absolute Gasteiger partial charge is 0.316 e. The van der Waals surface area contributed by atoms with E-state index < -0.39 is 5.97 Å². The summed E-state index contributed by atoms with van der Waals surface area (Å²) in [5.74, 6) is -0.822. The predicted octanol–water partition coefficient (Wildman–Crippen LogP) is 4.37. The summed E-state index contributed by atoms with van der Waals surface area (Å²) in [6.07, 6.45) is 5.25. The molecule has 1 fully saturated rings. The quantitative estimate of drug-likeness (QED) is 0.529. The van der Waals surface area contributed by atoms with Crippen molar-refractivity contribution in [2.45, 2.75) is 52.0 Å². The Kier molecular flexibility index (Phi) is 8.81. The zero-order valence-electron chi connectivity index (χ0n) is 19.2. The molecule has 1 saturated heterocycles. The van der Waals surface area contributed by atoms with Crippen LogP contribution in [-0.2, 0) is 9.53 Å². The second-order valence-electron chi connectivity index (χ2n) is 7.93. The van der Waals surface area contributed by atoms with Gasteiger partial charge >= 0.3 is 12.0 Å². The number of morpholine rings is 1. The second-order valence-corrected chi connectivity index (χ2v) is 7.93. The van der Waals surface area contributed by atoms with Crippen molar-refractivity contribution < 1.29 is 19.4 Å². The molecular weight excluding hydrogens is 408 g/mol. The largest absolute Gasteiger partial charge is 0.481 e. The number of ether oxygens (including phenoxy) is 2. The third-order valence-corrected chi connectivity index (χ3v) is 5.88. The first-order valence-electron chi connectivity index (χ1n) is 11.4. The van der Waals surface area contributed by atoms with Crippen LogP contribution in [0.1, 0.15) is 63.1 Å². The van der Waals surface area contributed by atoms with Crippen LogP contribution in [0.3, 0.4) is 0 Å². The van der Waals surface area contributed by atoms with Gasteiger partial charge in [-0.2, -0.15) is 0 Å². The maximum Gasteiger partial charge on any atom is 0.316 e. The van der Waals surface area contributed by atoms with Gasteiger partial charge in [0.25, 0.3) is 0 Å². The van der Waals surface area contributed by atoms with Gasteiger partial charge < -0.3 is 19.9 Å². The second kappa shape index (κ2) is 11.8. The average Bonchev–Trinajstić information content (AvgIpc) is 2.81. The molecule has 8 nitrogen and oxygen atoms in total. The molecule has 1 aromatic carbocycles. The molecule has 0 radical (unpaired) electrons. The fourth-order valence-corrected chi connectivity index (χ4v) is 4.24. The number of nitrogens with one attached hydrogen (secondary N) is 1. The Morgan fingerprint density at radius 2 is 1.91 bits per heavy atom. The number of nitrogens with zero attached hydrogens (tertiary/aromatic N) is 3. The molecule has 0 aliphatic carbocycles. The lowest BCUT2D eigenvalue weighted by Gasteiger charge is -2.35. The number of hydrogen-bond acceptors (Lipinski definition) is 7. The highest BCUT2D eigenvalue weighted by Gasteiger charge is 2.25. The van der Waals surface area contributed by atoms with Gasteiger partial charge in [0.2, 0.25) is 0 Å². The zero-order valence-corrected chi connectivity index (χ0v) is 19.2. The van der Waals surface area contributed by atoms with Crippen LogP contribution in [0.15, 0.2) is 30.6 Å². The van der Waals surface area contributed by atoms with E-state index in [0.717, 1.165) is 56.1 Å². The molecule has 1 aromatic heterocycles. The number of hydrogen-bond donors (Lipinski definition) is 2. The highest BCUT2D eigenvalue weighted by molar-refractivity contribution is 5.69. The lowest BCUT2D eigenvalue weighted by Crippen LogP contribution is -2.39. The maximum atomic E-state index is 11.4. The summed E-state index contributed by atoms with van der Waals surface area (Å²) in [6, 6.07) is 6.89. The molecule has 32 heavy (non-hydrogen) atoms. The normalized spacial score (nSPS) is 16.3. The van der Waals surface area contributed by atoms with E-state index >= 15 is 0 Å². The highest BCUT2D eigenvalue weighted by Crippen LogP contribution is 2.36. The van der Waals surface area contributed by atoms with Crippen LogP contribution in [0.5, 0.6) is 6.01 Å². The number of rotatable bonds is 11. The lowest BCUT2D eigenvalue weighted by atomic mass is 9.90. The topological polar surface area (TPSA) is 96.8 Å². The Morgan fingerprint density at radius 1 is 1.19 bits per heavy atom. The van der Waals surface area contributed by atoms with E-state index in [9.17, 15) is 9.90 Å². The maximum absolute atomic E-state index is 11.4. The molecule has 0 bridgehead atoms. The summed E-state index contributed by atoms with van der Waals surface area (Å²) in [4.78, 5) is 22.3. The molecule has 3 rings (SSSR count). The standard InChI is InChI=1S/C24H34N4O4/c1-4-17(14-23(29)30)18-7-8-20(22(5-2)28-9-11-31-12-10-28)21(13-18)27-19-15-25-24(26-16-19)32-6-3/h7-8,13,15-17,22,27H,4-6,9-12,14H2,1-3H3,(H,29,30). The van der Waals surface area contributed by atoms with Gasteiger partial charge in [0.15, 0.2) is 0 Å². The van der Waals surface area contributed by atoms with Gasteiger partial charge in [0, 0.05) is 24.8 Å². The average molecular weight is 443 g/mol. The number of benzene rings is 1. The van der Waals surface area contributed by atoms with Crippen LogP contribution in [0.2, 0.25) is 0 Å². The Balaban J connectivity index is 1.96. The Morgan fingerprint density at radius 3 is 2.50 bits per heavy atom. The summed E-state index contributed by atoms with van der Waals surface area (Å²) in [6.45, 7) is 9.88. The summed E-state index contributed by atoms with van der Waals surface area (Å²) in [5, 5.41) is 12.8. The molecule has 174 valence electrons. The number of anilines is 2. The Labute approximate surface area is 190 Å². The van der Waals surface area contributed by atoms with Crippen molar-refractivity contribution >= 4 is 17.3 Å². The molecule has 1 aliphatic heterocycles. The van der Waals surface area contributed by atoms with Crippen molar-refractivity contribution in [2.75, 3.05) is 38.2 Å². The van der Waals surface area contributed by atoms with Crippen LogP contribution < -0.4 is 10.1 Å². The lowest BCUT2D eigenvalue weighted by molar-refractivity contribution is -0.137. The number of aliphatic carboxylic acids is 1. The van der Waals surface area contributed by atoms with Crippen LogP contribution in [-0.4, -0.2) is 58.9 Å². The van der Waals surface area contributed by atoms with Crippen LogP contribution >= 0.6 is 0 Å². The Hall–Kier alpha value is -2.71. The minimum Gasteiger partial charge on any atom is -0.481 e. The minimum atomic E-state index is -0.782.